The van der Waals surface area contributed by atoms with Crippen LogP contribution in [0.3, 0.4) is 0 Å². The van der Waals surface area contributed by atoms with Crippen molar-refractivity contribution in [2.75, 3.05) is 0 Å². The van der Waals surface area contributed by atoms with Crippen LogP contribution in [0, 0.1) is 0 Å². The quantitative estimate of drug-likeness (QED) is 0.138. The molecule has 38 heavy (non-hydrogen) atoms. The first-order valence-corrected chi connectivity index (χ1v) is 14.8. The van der Waals surface area contributed by atoms with Crippen LogP contribution in [0.25, 0.3) is 0 Å². The highest BCUT2D eigenvalue weighted by Gasteiger charge is 2.39. The number of benzene rings is 3. The fourth-order valence-electron chi connectivity index (χ4n) is 6.02. The fraction of sp³-hybridized carbons (Fsp3) is 0.417. The Balaban J connectivity index is 1.62. The average Bonchev–Trinajstić information content (AvgIpc) is 3.41. The van der Waals surface area contributed by atoms with Gasteiger partial charge >= 0.3 is 0 Å². The van der Waals surface area contributed by atoms with Gasteiger partial charge in [-0.2, -0.15) is 0 Å². The minimum atomic E-state index is -0.0659. The molecule has 2 nitrogen and oxygen atoms in total. The van der Waals surface area contributed by atoms with Crippen molar-refractivity contribution >= 4 is 0 Å². The zero-order valence-corrected chi connectivity index (χ0v) is 23.6. The molecule has 2 atom stereocenters. The van der Waals surface area contributed by atoms with Gasteiger partial charge in [0.25, 0.3) is 0 Å². The van der Waals surface area contributed by atoms with Gasteiger partial charge in [0, 0.05) is 30.3 Å². The van der Waals surface area contributed by atoms with E-state index in [0.29, 0.717) is 5.92 Å². The molecule has 4 rings (SSSR count). The molecular formula is C36H46N2. The molecule has 0 spiro atoms. The van der Waals surface area contributed by atoms with E-state index < -0.39 is 0 Å². The first kappa shape index (κ1) is 27.9. The number of hydrogen-bond donors (Lipinski definition) is 0. The summed E-state index contributed by atoms with van der Waals surface area (Å²) in [5.41, 5.74) is 4.05. The molecule has 0 amide bonds. The minimum absolute atomic E-state index is 0.0659. The van der Waals surface area contributed by atoms with Crippen LogP contribution in [-0.4, -0.2) is 9.55 Å². The van der Waals surface area contributed by atoms with E-state index in [1.807, 2.05) is 6.20 Å². The van der Waals surface area contributed by atoms with Gasteiger partial charge in [-0.25, -0.2) is 4.98 Å². The Bertz CT molecular complexity index is 1170. The van der Waals surface area contributed by atoms with E-state index in [1.165, 1.54) is 73.9 Å². The smallest absolute Gasteiger partial charge is 0.112 e. The third kappa shape index (κ3) is 7.69. The van der Waals surface area contributed by atoms with Crippen molar-refractivity contribution in [1.29, 1.82) is 0 Å². The van der Waals surface area contributed by atoms with E-state index in [9.17, 15) is 0 Å². The lowest BCUT2D eigenvalue weighted by Gasteiger charge is -2.39. The molecule has 0 radical (unpaired) electrons. The van der Waals surface area contributed by atoms with E-state index in [1.54, 1.807) is 0 Å². The van der Waals surface area contributed by atoms with Gasteiger partial charge < -0.3 is 4.57 Å². The molecule has 0 aliphatic heterocycles. The van der Waals surface area contributed by atoms with E-state index in [2.05, 4.69) is 116 Å². The molecule has 4 aromatic rings. The molecule has 200 valence electrons. The van der Waals surface area contributed by atoms with Crippen LogP contribution in [0.2, 0.25) is 0 Å². The Morgan fingerprint density at radius 3 is 1.87 bits per heavy atom. The van der Waals surface area contributed by atoms with Gasteiger partial charge in [-0.05, 0) is 29.5 Å². The maximum atomic E-state index is 5.06. The Morgan fingerprint density at radius 2 is 1.24 bits per heavy atom. The molecule has 0 aliphatic carbocycles. The molecule has 0 saturated heterocycles. The second-order valence-electron chi connectivity index (χ2n) is 11.2. The van der Waals surface area contributed by atoms with Crippen LogP contribution in [0.15, 0.2) is 103 Å². The lowest BCUT2D eigenvalue weighted by molar-refractivity contribution is 0.324. The summed E-state index contributed by atoms with van der Waals surface area (Å²) in [6.07, 6.45) is 17.1. The Morgan fingerprint density at radius 1 is 0.684 bits per heavy atom. The number of imidazole rings is 1. The molecule has 1 heterocycles. The Labute approximate surface area is 231 Å². The molecule has 3 aromatic carbocycles. The molecule has 0 bridgehead atoms. The van der Waals surface area contributed by atoms with Crippen molar-refractivity contribution < 1.29 is 0 Å². The van der Waals surface area contributed by atoms with Crippen molar-refractivity contribution in [3.05, 3.63) is 126 Å². The summed E-state index contributed by atoms with van der Waals surface area (Å²) in [4.78, 5) is 5.06. The summed E-state index contributed by atoms with van der Waals surface area (Å²) in [7, 11) is 0. The molecule has 0 fully saturated rings. The lowest BCUT2D eigenvalue weighted by atomic mass is 9.66. The van der Waals surface area contributed by atoms with Crippen molar-refractivity contribution in [1.82, 2.24) is 9.55 Å². The van der Waals surface area contributed by atoms with Gasteiger partial charge in [-0.3, -0.25) is 0 Å². The highest BCUT2D eigenvalue weighted by molar-refractivity contribution is 5.33. The zero-order valence-electron chi connectivity index (χ0n) is 23.6. The van der Waals surface area contributed by atoms with Crippen LogP contribution in [0.5, 0.6) is 0 Å². The molecular weight excluding hydrogens is 460 g/mol. The maximum absolute atomic E-state index is 5.06. The van der Waals surface area contributed by atoms with E-state index in [0.717, 1.165) is 19.4 Å². The summed E-state index contributed by atoms with van der Waals surface area (Å²) >= 11 is 0. The fourth-order valence-corrected chi connectivity index (χ4v) is 6.02. The summed E-state index contributed by atoms with van der Waals surface area (Å²) in [6.45, 7) is 5.63. The van der Waals surface area contributed by atoms with Crippen molar-refractivity contribution in [3.8, 4) is 0 Å². The number of rotatable bonds is 16. The predicted molar refractivity (Wildman–Crippen MR) is 162 cm³/mol. The molecule has 0 saturated carbocycles. The van der Waals surface area contributed by atoms with Crippen LogP contribution < -0.4 is 0 Å². The van der Waals surface area contributed by atoms with E-state index in [4.69, 9.17) is 4.98 Å². The van der Waals surface area contributed by atoms with Crippen molar-refractivity contribution in [2.24, 2.45) is 0 Å². The standard InChI is InChI=1S/C36H46N2/c1-3-4-5-6-7-8-9-19-26-34(35-37-27-28-38(35)30-32-22-15-11-16-23-32)36(2,33-24-17-12-18-25-33)29-31-20-13-10-14-21-31/h10-18,20-25,27-28,34H,3-9,19,26,29-30H2,1-2H3. The number of hydrogen-bond acceptors (Lipinski definition) is 1. The highest BCUT2D eigenvalue weighted by Crippen LogP contribution is 2.44. The highest BCUT2D eigenvalue weighted by atomic mass is 15.1. The van der Waals surface area contributed by atoms with Crippen LogP contribution >= 0.6 is 0 Å². The van der Waals surface area contributed by atoms with Gasteiger partial charge in [0.05, 0.1) is 0 Å². The first-order chi connectivity index (χ1) is 18.7. The lowest BCUT2D eigenvalue weighted by Crippen LogP contribution is -2.35. The summed E-state index contributed by atoms with van der Waals surface area (Å²) < 4.78 is 2.40. The normalized spacial score (nSPS) is 13.7. The third-order valence-corrected chi connectivity index (χ3v) is 8.22. The Kier molecular flexibility index (Phi) is 10.8. The molecule has 2 heteroatoms. The molecule has 2 unspecified atom stereocenters. The summed E-state index contributed by atoms with van der Waals surface area (Å²) in [5, 5.41) is 0. The summed E-state index contributed by atoms with van der Waals surface area (Å²) in [6, 6.07) is 33.0. The van der Waals surface area contributed by atoms with Gasteiger partial charge in [-0.1, -0.05) is 156 Å². The van der Waals surface area contributed by atoms with Crippen LogP contribution in [0.4, 0.5) is 0 Å². The second kappa shape index (κ2) is 14.7. The van der Waals surface area contributed by atoms with E-state index >= 15 is 0 Å². The number of nitrogens with zero attached hydrogens (tertiary/aromatic N) is 2. The Hall–Kier alpha value is -3.13. The van der Waals surface area contributed by atoms with Crippen LogP contribution in [-0.2, 0) is 18.4 Å². The van der Waals surface area contributed by atoms with Gasteiger partial charge in [0.1, 0.15) is 5.82 Å². The maximum Gasteiger partial charge on any atom is 0.112 e. The minimum Gasteiger partial charge on any atom is -0.330 e. The van der Waals surface area contributed by atoms with Crippen molar-refractivity contribution in [2.45, 2.75) is 95.9 Å². The summed E-state index contributed by atoms with van der Waals surface area (Å²) in [5.74, 6) is 1.54. The second-order valence-corrected chi connectivity index (χ2v) is 11.2. The average molecular weight is 507 g/mol. The monoisotopic (exact) mass is 506 g/mol. The molecule has 0 aliphatic rings. The number of aromatic nitrogens is 2. The zero-order chi connectivity index (χ0) is 26.5. The van der Waals surface area contributed by atoms with Gasteiger partial charge in [0.15, 0.2) is 0 Å². The van der Waals surface area contributed by atoms with Gasteiger partial charge in [-0.15, -0.1) is 0 Å². The SMILES string of the molecule is CCCCCCCCCCC(c1nccn1Cc1ccccc1)C(C)(Cc1ccccc1)c1ccccc1. The third-order valence-electron chi connectivity index (χ3n) is 8.22. The van der Waals surface area contributed by atoms with E-state index in [-0.39, 0.29) is 5.41 Å². The molecule has 0 N–H and O–H groups in total. The van der Waals surface area contributed by atoms with Crippen LogP contribution in [0.1, 0.15) is 100 Å². The number of unbranched alkanes of at least 4 members (excludes halogenated alkanes) is 7. The van der Waals surface area contributed by atoms with Gasteiger partial charge in [0.2, 0.25) is 0 Å². The largest absolute Gasteiger partial charge is 0.330 e. The molecule has 1 aromatic heterocycles. The van der Waals surface area contributed by atoms with Crippen molar-refractivity contribution in [3.63, 3.8) is 0 Å². The first-order valence-electron chi connectivity index (χ1n) is 14.8. The topological polar surface area (TPSA) is 17.8 Å². The predicted octanol–water partition coefficient (Wildman–Crippen LogP) is 9.75.